The lowest BCUT2D eigenvalue weighted by Crippen LogP contribution is -2.51. The lowest BCUT2D eigenvalue weighted by Gasteiger charge is -2.35. The number of nitrogens with one attached hydrogen (secondary N) is 1. The van der Waals surface area contributed by atoms with Gasteiger partial charge in [-0.3, -0.25) is 9.69 Å². The topological polar surface area (TPSA) is 56.1 Å². The monoisotopic (exact) mass is 315 g/mol. The highest BCUT2D eigenvalue weighted by atomic mass is 19.1. The molecule has 1 aliphatic carbocycles. The molecular weight excluding hydrogens is 293 g/mol. The molecule has 0 radical (unpaired) electrons. The summed E-state index contributed by atoms with van der Waals surface area (Å²) in [7, 11) is 0. The van der Waals surface area contributed by atoms with Crippen LogP contribution in [0.15, 0.2) is 18.2 Å². The summed E-state index contributed by atoms with van der Waals surface area (Å²) < 4.78 is 13.3. The van der Waals surface area contributed by atoms with Gasteiger partial charge in [-0.25, -0.2) is 4.39 Å². The van der Waals surface area contributed by atoms with E-state index in [1.807, 2.05) is 13.0 Å². The van der Waals surface area contributed by atoms with Crippen LogP contribution in [0.2, 0.25) is 0 Å². The number of fused-ring (bicyclic) bond motifs is 1. The molecule has 0 unspecified atom stereocenters. The minimum Gasteiger partial charge on any atom is -0.337 e. The van der Waals surface area contributed by atoms with Gasteiger partial charge < -0.3 is 5.32 Å². The number of hydrogen-bond acceptors (Lipinski definition) is 3. The van der Waals surface area contributed by atoms with Crippen LogP contribution in [0.25, 0.3) is 0 Å². The van der Waals surface area contributed by atoms with Crippen LogP contribution in [-0.2, 0) is 11.2 Å². The molecule has 1 aromatic carbocycles. The summed E-state index contributed by atoms with van der Waals surface area (Å²) in [5.41, 5.74) is 1.35. The van der Waals surface area contributed by atoms with E-state index in [4.69, 9.17) is 0 Å². The van der Waals surface area contributed by atoms with Crippen molar-refractivity contribution in [2.75, 3.05) is 13.1 Å². The first-order chi connectivity index (χ1) is 10.9. The molecule has 0 saturated heterocycles. The molecule has 1 fully saturated rings. The quantitative estimate of drug-likeness (QED) is 0.929. The molecule has 23 heavy (non-hydrogen) atoms. The Bertz CT molecular complexity index is 665. The second kappa shape index (κ2) is 5.93. The van der Waals surface area contributed by atoms with E-state index in [0.29, 0.717) is 0 Å². The number of benzene rings is 1. The zero-order chi connectivity index (χ0) is 16.6. The minimum absolute atomic E-state index is 0.0689. The highest BCUT2D eigenvalue weighted by molar-refractivity contribution is 5.79. The van der Waals surface area contributed by atoms with Crippen LogP contribution in [0.4, 0.5) is 4.39 Å². The molecule has 0 bridgehead atoms. The van der Waals surface area contributed by atoms with Crippen LogP contribution in [0.3, 0.4) is 0 Å². The fourth-order valence-electron chi connectivity index (χ4n) is 3.46. The van der Waals surface area contributed by atoms with E-state index < -0.39 is 5.54 Å². The van der Waals surface area contributed by atoms with Crippen molar-refractivity contribution >= 4 is 5.91 Å². The fourth-order valence-corrected chi connectivity index (χ4v) is 3.46. The third-order valence-electron chi connectivity index (χ3n) is 5.14. The molecule has 1 aliphatic heterocycles. The number of halogens is 1. The van der Waals surface area contributed by atoms with Gasteiger partial charge in [-0.2, -0.15) is 5.26 Å². The summed E-state index contributed by atoms with van der Waals surface area (Å²) in [6.07, 6.45) is 2.75. The Labute approximate surface area is 136 Å². The number of carbonyl (C=O) groups is 1. The largest absolute Gasteiger partial charge is 0.337 e. The molecule has 1 saturated carbocycles. The second-order valence-electron chi connectivity index (χ2n) is 6.88. The average molecular weight is 315 g/mol. The van der Waals surface area contributed by atoms with Crippen molar-refractivity contribution in [2.24, 2.45) is 5.92 Å². The normalized spacial score (nSPS) is 23.5. The molecule has 1 N–H and O–H groups in total. The highest BCUT2D eigenvalue weighted by Crippen LogP contribution is 2.39. The zero-order valence-corrected chi connectivity index (χ0v) is 13.6. The van der Waals surface area contributed by atoms with Gasteiger partial charge in [0.25, 0.3) is 0 Å². The summed E-state index contributed by atoms with van der Waals surface area (Å²) in [5.74, 6) is -0.0475. The lowest BCUT2D eigenvalue weighted by molar-refractivity contribution is -0.124. The Morgan fingerprint density at radius 1 is 1.52 bits per heavy atom. The minimum atomic E-state index is -0.753. The highest BCUT2D eigenvalue weighted by Gasteiger charge is 2.43. The SMILES string of the molecule is C[C@H]1c2ccc(F)cc2CCN1CC(=O)N[C@@](C)(C#N)C1CC1. The molecule has 0 aromatic heterocycles. The number of nitriles is 1. The standard InChI is InChI=1S/C18H22FN3O/c1-12-16-6-5-15(19)9-13(16)7-8-22(12)10-17(23)21-18(2,11-20)14-3-4-14/h5-6,9,12,14H,3-4,7-8,10H2,1-2H3,(H,21,23)/t12-,18-/m0/s1. The van der Waals surface area contributed by atoms with Crippen LogP contribution in [0.1, 0.15) is 43.9 Å². The maximum absolute atomic E-state index is 13.3. The first-order valence-corrected chi connectivity index (χ1v) is 8.17. The van der Waals surface area contributed by atoms with Gasteiger partial charge in [0.05, 0.1) is 12.6 Å². The van der Waals surface area contributed by atoms with Gasteiger partial charge in [0, 0.05) is 12.6 Å². The Morgan fingerprint density at radius 3 is 2.91 bits per heavy atom. The zero-order valence-electron chi connectivity index (χ0n) is 13.6. The number of carbonyl (C=O) groups excluding carboxylic acids is 1. The van der Waals surface area contributed by atoms with Crippen LogP contribution >= 0.6 is 0 Å². The molecular formula is C18H22FN3O. The van der Waals surface area contributed by atoms with E-state index in [2.05, 4.69) is 16.3 Å². The Morgan fingerprint density at radius 2 is 2.26 bits per heavy atom. The van der Waals surface area contributed by atoms with Crippen LogP contribution in [0, 0.1) is 23.1 Å². The number of rotatable bonds is 4. The van der Waals surface area contributed by atoms with Crippen molar-refractivity contribution in [1.29, 1.82) is 5.26 Å². The molecule has 4 nitrogen and oxygen atoms in total. The predicted molar refractivity (Wildman–Crippen MR) is 85.0 cm³/mol. The van der Waals surface area contributed by atoms with Gasteiger partial charge in [-0.05, 0) is 62.3 Å². The van der Waals surface area contributed by atoms with E-state index in [1.165, 1.54) is 6.07 Å². The third kappa shape index (κ3) is 3.23. The van der Waals surface area contributed by atoms with Gasteiger partial charge in [-0.15, -0.1) is 0 Å². The van der Waals surface area contributed by atoms with E-state index >= 15 is 0 Å². The molecule has 122 valence electrons. The van der Waals surface area contributed by atoms with Crippen molar-refractivity contribution in [2.45, 2.75) is 44.7 Å². The summed E-state index contributed by atoms with van der Waals surface area (Å²) >= 11 is 0. The fraction of sp³-hybridized carbons (Fsp3) is 0.556. The predicted octanol–water partition coefficient (Wildman–Crippen LogP) is 2.55. The van der Waals surface area contributed by atoms with Crippen LogP contribution < -0.4 is 5.32 Å². The number of hydrogen-bond donors (Lipinski definition) is 1. The smallest absolute Gasteiger partial charge is 0.235 e. The Hall–Kier alpha value is -1.93. The number of amides is 1. The first-order valence-electron chi connectivity index (χ1n) is 8.17. The van der Waals surface area contributed by atoms with Crippen molar-refractivity contribution in [3.8, 4) is 6.07 Å². The molecule has 0 spiro atoms. The molecule has 5 heteroatoms. The van der Waals surface area contributed by atoms with Crippen molar-refractivity contribution in [3.05, 3.63) is 35.1 Å². The summed E-state index contributed by atoms with van der Waals surface area (Å²) in [6, 6.07) is 7.18. The van der Waals surface area contributed by atoms with Gasteiger partial charge in [0.1, 0.15) is 11.4 Å². The Balaban J connectivity index is 1.66. The second-order valence-corrected chi connectivity index (χ2v) is 6.88. The van der Waals surface area contributed by atoms with E-state index in [1.54, 1.807) is 13.0 Å². The van der Waals surface area contributed by atoms with Gasteiger partial charge in [-0.1, -0.05) is 6.07 Å². The summed E-state index contributed by atoms with van der Waals surface area (Å²) in [6.45, 7) is 4.83. The number of nitrogens with zero attached hydrogens (tertiary/aromatic N) is 2. The first kappa shape index (κ1) is 15.9. The van der Waals surface area contributed by atoms with E-state index in [9.17, 15) is 14.4 Å². The maximum atomic E-state index is 13.3. The lowest BCUT2D eigenvalue weighted by atomic mass is 9.93. The molecule has 1 amide bonds. The Kier molecular flexibility index (Phi) is 4.11. The van der Waals surface area contributed by atoms with Crippen molar-refractivity contribution < 1.29 is 9.18 Å². The maximum Gasteiger partial charge on any atom is 0.235 e. The van der Waals surface area contributed by atoms with Crippen molar-refractivity contribution in [3.63, 3.8) is 0 Å². The van der Waals surface area contributed by atoms with Gasteiger partial charge in [0.2, 0.25) is 5.91 Å². The third-order valence-corrected chi connectivity index (χ3v) is 5.14. The molecule has 2 aliphatic rings. The molecule has 1 aromatic rings. The van der Waals surface area contributed by atoms with Crippen LogP contribution in [-0.4, -0.2) is 29.4 Å². The van der Waals surface area contributed by atoms with Crippen molar-refractivity contribution in [1.82, 2.24) is 10.2 Å². The van der Waals surface area contributed by atoms with Gasteiger partial charge >= 0.3 is 0 Å². The molecule has 2 atom stereocenters. The van der Waals surface area contributed by atoms with Crippen LogP contribution in [0.5, 0.6) is 0 Å². The van der Waals surface area contributed by atoms with Gasteiger partial charge in [0.15, 0.2) is 0 Å². The molecule has 3 rings (SSSR count). The average Bonchev–Trinajstić information content (AvgIpc) is 3.35. The van der Waals surface area contributed by atoms with E-state index in [0.717, 1.165) is 36.9 Å². The summed E-state index contributed by atoms with van der Waals surface area (Å²) in [5, 5.41) is 12.2. The molecule has 1 heterocycles. The van der Waals surface area contributed by atoms with E-state index in [-0.39, 0.29) is 30.2 Å². The summed E-state index contributed by atoms with van der Waals surface area (Å²) in [4.78, 5) is 14.4.